The maximum Gasteiger partial charge on any atom is 0.186 e. The number of nitrogens with zero attached hydrogens (tertiary/aromatic N) is 3. The highest BCUT2D eigenvalue weighted by Gasteiger charge is 2.21. The minimum Gasteiger partial charge on any atom is -0.368 e. The molecule has 1 aliphatic rings. The number of carbonyl (C=O) groups is 1. The smallest absolute Gasteiger partial charge is 0.186 e. The lowest BCUT2D eigenvalue weighted by Gasteiger charge is -2.36. The van der Waals surface area contributed by atoms with E-state index in [2.05, 4.69) is 47.9 Å². The van der Waals surface area contributed by atoms with Crippen molar-refractivity contribution in [1.29, 1.82) is 0 Å². The van der Waals surface area contributed by atoms with Crippen LogP contribution in [0.4, 0.5) is 10.8 Å². The second-order valence-corrected chi connectivity index (χ2v) is 7.93. The van der Waals surface area contributed by atoms with Crippen molar-refractivity contribution in [2.45, 2.75) is 20.8 Å². The van der Waals surface area contributed by atoms with Crippen LogP contribution in [0.5, 0.6) is 0 Å². The van der Waals surface area contributed by atoms with Crippen LogP contribution in [0.25, 0.3) is 10.2 Å². The van der Waals surface area contributed by atoms with Crippen molar-refractivity contribution in [2.75, 3.05) is 36.0 Å². The molecule has 134 valence electrons. The highest BCUT2D eigenvalue weighted by molar-refractivity contribution is 7.22. The number of Topliss-reactive ketones (excluding diaryl/α,β-unsaturated/α-hetero) is 1. The Balaban J connectivity index is 1.49. The molecule has 0 radical (unpaired) electrons. The summed E-state index contributed by atoms with van der Waals surface area (Å²) < 4.78 is 1.31. The molecular formula is C21H23N3OS. The Morgan fingerprint density at radius 3 is 2.15 bits per heavy atom. The van der Waals surface area contributed by atoms with Gasteiger partial charge in [-0.05, 0) is 56.2 Å². The molecular weight excluding hydrogens is 342 g/mol. The third-order valence-electron chi connectivity index (χ3n) is 5.12. The van der Waals surface area contributed by atoms with Crippen LogP contribution in [0.2, 0.25) is 0 Å². The van der Waals surface area contributed by atoms with Gasteiger partial charge in [0.15, 0.2) is 10.9 Å². The molecule has 3 aromatic rings. The van der Waals surface area contributed by atoms with Gasteiger partial charge in [-0.15, -0.1) is 0 Å². The molecule has 0 saturated carbocycles. The van der Waals surface area contributed by atoms with Gasteiger partial charge in [-0.2, -0.15) is 0 Å². The molecule has 0 bridgehead atoms. The number of thiazole rings is 1. The van der Waals surface area contributed by atoms with Gasteiger partial charge in [0.05, 0.1) is 10.2 Å². The normalized spacial score (nSPS) is 14.9. The van der Waals surface area contributed by atoms with Crippen LogP contribution in [-0.4, -0.2) is 36.9 Å². The monoisotopic (exact) mass is 365 g/mol. The number of anilines is 2. The quantitative estimate of drug-likeness (QED) is 0.643. The number of rotatable bonds is 3. The van der Waals surface area contributed by atoms with Gasteiger partial charge in [0.2, 0.25) is 0 Å². The van der Waals surface area contributed by atoms with Crippen molar-refractivity contribution in [3.8, 4) is 0 Å². The van der Waals surface area contributed by atoms with Crippen LogP contribution in [0, 0.1) is 13.8 Å². The number of fused-ring (bicyclic) bond motifs is 1. The van der Waals surface area contributed by atoms with Gasteiger partial charge in [0, 0.05) is 37.4 Å². The molecule has 0 spiro atoms. The minimum absolute atomic E-state index is 0.114. The highest BCUT2D eigenvalue weighted by Crippen LogP contribution is 2.33. The van der Waals surface area contributed by atoms with Gasteiger partial charge in [0.25, 0.3) is 0 Å². The minimum atomic E-state index is 0.114. The largest absolute Gasteiger partial charge is 0.368 e. The van der Waals surface area contributed by atoms with Crippen LogP contribution >= 0.6 is 11.3 Å². The van der Waals surface area contributed by atoms with E-state index in [0.717, 1.165) is 42.4 Å². The standard InChI is InChI=1S/C21H23N3OS/c1-14-4-5-15(2)20-19(14)22-21(26-20)24-12-10-23(11-13-24)18-8-6-17(7-9-18)16(3)25/h4-9H,10-13H2,1-3H3. The first-order valence-corrected chi connectivity index (χ1v) is 9.82. The number of aryl methyl sites for hydroxylation is 2. The van der Waals surface area contributed by atoms with E-state index >= 15 is 0 Å². The SMILES string of the molecule is CC(=O)c1ccc(N2CCN(c3nc4c(C)ccc(C)c4s3)CC2)cc1. The van der Waals surface area contributed by atoms with Crippen molar-refractivity contribution in [3.63, 3.8) is 0 Å². The summed E-state index contributed by atoms with van der Waals surface area (Å²) >= 11 is 1.81. The van der Waals surface area contributed by atoms with Gasteiger partial charge in [-0.25, -0.2) is 4.98 Å². The van der Waals surface area contributed by atoms with E-state index in [9.17, 15) is 4.79 Å². The van der Waals surface area contributed by atoms with Crippen molar-refractivity contribution in [2.24, 2.45) is 0 Å². The summed E-state index contributed by atoms with van der Waals surface area (Å²) in [6.07, 6.45) is 0. The zero-order valence-electron chi connectivity index (χ0n) is 15.5. The van der Waals surface area contributed by atoms with E-state index in [1.807, 2.05) is 12.1 Å². The molecule has 1 aliphatic heterocycles. The lowest BCUT2D eigenvalue weighted by molar-refractivity contribution is 0.101. The summed E-state index contributed by atoms with van der Waals surface area (Å²) in [5.41, 5.74) is 5.65. The first kappa shape index (κ1) is 17.0. The lowest BCUT2D eigenvalue weighted by Crippen LogP contribution is -2.46. The molecule has 26 heavy (non-hydrogen) atoms. The number of piperazine rings is 1. The Kier molecular flexibility index (Phi) is 4.41. The summed E-state index contributed by atoms with van der Waals surface area (Å²) in [7, 11) is 0. The Morgan fingerprint density at radius 1 is 0.923 bits per heavy atom. The van der Waals surface area contributed by atoms with Crippen molar-refractivity contribution >= 4 is 38.2 Å². The zero-order chi connectivity index (χ0) is 18.3. The number of hydrogen-bond acceptors (Lipinski definition) is 5. The Bertz CT molecular complexity index is 914. The molecule has 0 N–H and O–H groups in total. The van der Waals surface area contributed by atoms with Crippen molar-refractivity contribution < 1.29 is 4.79 Å². The van der Waals surface area contributed by atoms with E-state index in [1.54, 1.807) is 18.3 Å². The number of aromatic nitrogens is 1. The molecule has 2 aromatic carbocycles. The fourth-order valence-electron chi connectivity index (χ4n) is 3.45. The number of carbonyl (C=O) groups excluding carboxylic acids is 1. The zero-order valence-corrected chi connectivity index (χ0v) is 16.3. The third-order valence-corrected chi connectivity index (χ3v) is 6.37. The number of hydrogen-bond donors (Lipinski definition) is 0. The van der Waals surface area contributed by atoms with Gasteiger partial charge in [-0.3, -0.25) is 4.79 Å². The Morgan fingerprint density at radius 2 is 1.54 bits per heavy atom. The molecule has 4 nitrogen and oxygen atoms in total. The molecule has 1 fully saturated rings. The molecule has 0 amide bonds. The van der Waals surface area contributed by atoms with E-state index < -0.39 is 0 Å². The molecule has 1 aromatic heterocycles. The van der Waals surface area contributed by atoms with Crippen LogP contribution in [0.15, 0.2) is 36.4 Å². The first-order valence-electron chi connectivity index (χ1n) is 9.00. The van der Waals surface area contributed by atoms with E-state index in [1.165, 1.54) is 21.5 Å². The molecule has 5 heteroatoms. The Hall–Kier alpha value is -2.40. The summed E-state index contributed by atoms with van der Waals surface area (Å²) in [4.78, 5) is 21.1. The summed E-state index contributed by atoms with van der Waals surface area (Å²) in [6, 6.07) is 12.3. The van der Waals surface area contributed by atoms with Gasteiger partial charge in [-0.1, -0.05) is 23.5 Å². The van der Waals surface area contributed by atoms with E-state index in [4.69, 9.17) is 4.98 Å². The van der Waals surface area contributed by atoms with Gasteiger partial charge < -0.3 is 9.80 Å². The average molecular weight is 366 g/mol. The number of ketones is 1. The second kappa shape index (κ2) is 6.72. The van der Waals surface area contributed by atoms with Crippen molar-refractivity contribution in [3.05, 3.63) is 53.1 Å². The first-order chi connectivity index (χ1) is 12.5. The Labute approximate surface area is 158 Å². The summed E-state index contributed by atoms with van der Waals surface area (Å²) in [5, 5.41) is 1.13. The van der Waals surface area contributed by atoms with Gasteiger partial charge >= 0.3 is 0 Å². The van der Waals surface area contributed by atoms with E-state index in [0.29, 0.717) is 0 Å². The molecule has 1 saturated heterocycles. The summed E-state index contributed by atoms with van der Waals surface area (Å²) in [5.74, 6) is 0.114. The molecule has 0 unspecified atom stereocenters. The molecule has 0 atom stereocenters. The predicted octanol–water partition coefficient (Wildman–Crippen LogP) is 4.44. The van der Waals surface area contributed by atoms with Crippen LogP contribution in [-0.2, 0) is 0 Å². The van der Waals surface area contributed by atoms with Crippen LogP contribution in [0.3, 0.4) is 0 Å². The fourth-order valence-corrected chi connectivity index (χ4v) is 4.61. The third kappa shape index (κ3) is 3.07. The molecule has 0 aliphatic carbocycles. The average Bonchev–Trinajstić information content (AvgIpc) is 3.12. The number of benzene rings is 2. The lowest BCUT2D eigenvalue weighted by atomic mass is 10.1. The van der Waals surface area contributed by atoms with Gasteiger partial charge in [0.1, 0.15) is 0 Å². The predicted molar refractivity (Wildman–Crippen MR) is 110 cm³/mol. The molecule has 2 heterocycles. The fraction of sp³-hybridized carbons (Fsp3) is 0.333. The maximum absolute atomic E-state index is 11.4. The maximum atomic E-state index is 11.4. The second-order valence-electron chi connectivity index (χ2n) is 6.95. The topological polar surface area (TPSA) is 36.4 Å². The highest BCUT2D eigenvalue weighted by atomic mass is 32.1. The van der Waals surface area contributed by atoms with E-state index in [-0.39, 0.29) is 5.78 Å². The van der Waals surface area contributed by atoms with Crippen LogP contribution in [0.1, 0.15) is 28.4 Å². The van der Waals surface area contributed by atoms with Crippen molar-refractivity contribution in [1.82, 2.24) is 4.98 Å². The van der Waals surface area contributed by atoms with Crippen LogP contribution < -0.4 is 9.80 Å². The molecule has 4 rings (SSSR count). The summed E-state index contributed by atoms with van der Waals surface area (Å²) in [6.45, 7) is 9.76.